The Morgan fingerprint density at radius 1 is 1.16 bits per heavy atom. The fraction of sp³-hybridized carbons (Fsp3) is 0.267. The highest BCUT2D eigenvalue weighted by Crippen LogP contribution is 2.25. The molecule has 1 heterocycles. The van der Waals surface area contributed by atoms with Crippen LogP contribution in [0, 0.1) is 6.92 Å². The zero-order valence-electron chi connectivity index (χ0n) is 11.1. The van der Waals surface area contributed by atoms with Crippen LogP contribution in [0.1, 0.15) is 17.0 Å². The largest absolute Gasteiger partial charge is 0.496 e. The van der Waals surface area contributed by atoms with Crippen molar-refractivity contribution in [3.8, 4) is 5.75 Å². The van der Waals surface area contributed by atoms with E-state index in [2.05, 4.69) is 10.3 Å². The number of nitrogens with zero attached hydrogens (tertiary/aromatic N) is 1. The summed E-state index contributed by atoms with van der Waals surface area (Å²) in [4.78, 5) is 4.44. The van der Waals surface area contributed by atoms with Gasteiger partial charge in [0.25, 0.3) is 0 Å². The van der Waals surface area contributed by atoms with Gasteiger partial charge in [-0.1, -0.05) is 23.7 Å². The SMILES string of the molecule is COc1cccc(Cl)c1CNCc1cccc(C)n1. The van der Waals surface area contributed by atoms with Crippen molar-refractivity contribution >= 4 is 11.6 Å². The first kappa shape index (κ1) is 13.8. The summed E-state index contributed by atoms with van der Waals surface area (Å²) in [6.07, 6.45) is 0. The predicted molar refractivity (Wildman–Crippen MR) is 77.5 cm³/mol. The van der Waals surface area contributed by atoms with Crippen molar-refractivity contribution in [2.24, 2.45) is 0 Å². The average Bonchev–Trinajstić information content (AvgIpc) is 2.40. The molecule has 0 atom stereocenters. The second-order valence-corrected chi connectivity index (χ2v) is 4.70. The van der Waals surface area contributed by atoms with E-state index in [9.17, 15) is 0 Å². The Kier molecular flexibility index (Phi) is 4.77. The van der Waals surface area contributed by atoms with Crippen LogP contribution in [0.5, 0.6) is 5.75 Å². The van der Waals surface area contributed by atoms with E-state index in [1.807, 2.05) is 43.3 Å². The average molecular weight is 277 g/mol. The molecule has 1 aromatic heterocycles. The third kappa shape index (κ3) is 3.69. The number of benzene rings is 1. The highest BCUT2D eigenvalue weighted by atomic mass is 35.5. The Balaban J connectivity index is 2.00. The summed E-state index contributed by atoms with van der Waals surface area (Å²) in [5.74, 6) is 0.803. The summed E-state index contributed by atoms with van der Waals surface area (Å²) in [6.45, 7) is 3.34. The van der Waals surface area contributed by atoms with E-state index in [1.54, 1.807) is 7.11 Å². The molecule has 0 aliphatic carbocycles. The molecule has 1 aromatic carbocycles. The molecule has 0 fully saturated rings. The first-order valence-corrected chi connectivity index (χ1v) is 6.53. The van der Waals surface area contributed by atoms with Gasteiger partial charge in [-0.2, -0.15) is 0 Å². The minimum Gasteiger partial charge on any atom is -0.496 e. The normalized spacial score (nSPS) is 10.5. The van der Waals surface area contributed by atoms with Crippen LogP contribution >= 0.6 is 11.6 Å². The topological polar surface area (TPSA) is 34.1 Å². The van der Waals surface area contributed by atoms with Crippen LogP contribution in [-0.2, 0) is 13.1 Å². The molecule has 0 aliphatic heterocycles. The van der Waals surface area contributed by atoms with Crippen molar-refractivity contribution in [1.29, 1.82) is 0 Å². The number of nitrogens with one attached hydrogen (secondary N) is 1. The lowest BCUT2D eigenvalue weighted by molar-refractivity contribution is 0.407. The molecule has 0 radical (unpaired) electrons. The van der Waals surface area contributed by atoms with Crippen molar-refractivity contribution in [2.45, 2.75) is 20.0 Å². The smallest absolute Gasteiger partial charge is 0.124 e. The van der Waals surface area contributed by atoms with Crippen LogP contribution in [0.15, 0.2) is 36.4 Å². The van der Waals surface area contributed by atoms with Crippen LogP contribution in [-0.4, -0.2) is 12.1 Å². The Hall–Kier alpha value is -1.58. The Morgan fingerprint density at radius 2 is 1.95 bits per heavy atom. The van der Waals surface area contributed by atoms with E-state index in [4.69, 9.17) is 16.3 Å². The number of methoxy groups -OCH3 is 1. The molecular formula is C15H17ClN2O. The lowest BCUT2D eigenvalue weighted by Crippen LogP contribution is -2.14. The van der Waals surface area contributed by atoms with Gasteiger partial charge in [0.1, 0.15) is 5.75 Å². The molecule has 0 spiro atoms. The Labute approximate surface area is 118 Å². The van der Waals surface area contributed by atoms with Crippen LogP contribution in [0.2, 0.25) is 5.02 Å². The zero-order chi connectivity index (χ0) is 13.7. The van der Waals surface area contributed by atoms with Crippen LogP contribution < -0.4 is 10.1 Å². The lowest BCUT2D eigenvalue weighted by Gasteiger charge is -2.11. The van der Waals surface area contributed by atoms with Crippen LogP contribution in [0.3, 0.4) is 0 Å². The highest BCUT2D eigenvalue weighted by Gasteiger charge is 2.07. The van der Waals surface area contributed by atoms with Crippen molar-refractivity contribution in [3.05, 3.63) is 58.4 Å². The summed E-state index contributed by atoms with van der Waals surface area (Å²) in [7, 11) is 1.65. The first-order chi connectivity index (χ1) is 9.20. The van der Waals surface area contributed by atoms with Gasteiger partial charge in [-0.05, 0) is 31.2 Å². The van der Waals surface area contributed by atoms with E-state index < -0.39 is 0 Å². The van der Waals surface area contributed by atoms with Gasteiger partial charge in [0, 0.05) is 29.4 Å². The number of halogens is 1. The molecule has 2 aromatic rings. The van der Waals surface area contributed by atoms with Crippen molar-refractivity contribution in [3.63, 3.8) is 0 Å². The number of pyridine rings is 1. The Bertz CT molecular complexity index is 558. The number of ether oxygens (including phenoxy) is 1. The fourth-order valence-corrected chi connectivity index (χ4v) is 2.15. The maximum absolute atomic E-state index is 6.18. The van der Waals surface area contributed by atoms with Crippen molar-refractivity contribution in [2.75, 3.05) is 7.11 Å². The standard InChI is InChI=1S/C15H17ClN2O/c1-11-5-3-6-12(18-11)9-17-10-13-14(16)7-4-8-15(13)19-2/h3-8,17H,9-10H2,1-2H3. The number of aryl methyl sites for hydroxylation is 1. The second kappa shape index (κ2) is 6.55. The number of hydrogen-bond donors (Lipinski definition) is 1. The van der Waals surface area contributed by atoms with Crippen LogP contribution in [0.4, 0.5) is 0 Å². The summed E-state index contributed by atoms with van der Waals surface area (Å²) >= 11 is 6.18. The van der Waals surface area contributed by atoms with Crippen molar-refractivity contribution < 1.29 is 4.74 Å². The number of hydrogen-bond acceptors (Lipinski definition) is 3. The zero-order valence-corrected chi connectivity index (χ0v) is 11.9. The van der Waals surface area contributed by atoms with Gasteiger partial charge in [-0.15, -0.1) is 0 Å². The predicted octanol–water partition coefficient (Wildman–Crippen LogP) is 3.34. The minimum absolute atomic E-state index is 0.651. The molecule has 0 bridgehead atoms. The number of rotatable bonds is 5. The Morgan fingerprint density at radius 3 is 2.68 bits per heavy atom. The molecule has 1 N–H and O–H groups in total. The van der Waals surface area contributed by atoms with Crippen LogP contribution in [0.25, 0.3) is 0 Å². The van der Waals surface area contributed by atoms with Gasteiger partial charge in [0.15, 0.2) is 0 Å². The molecule has 0 saturated carbocycles. The van der Waals surface area contributed by atoms with E-state index in [0.29, 0.717) is 18.1 Å². The molecule has 0 aliphatic rings. The van der Waals surface area contributed by atoms with Gasteiger partial charge in [0.2, 0.25) is 0 Å². The molecule has 2 rings (SSSR count). The van der Waals surface area contributed by atoms with E-state index >= 15 is 0 Å². The molecule has 100 valence electrons. The van der Waals surface area contributed by atoms with E-state index in [-0.39, 0.29) is 0 Å². The van der Waals surface area contributed by atoms with Crippen molar-refractivity contribution in [1.82, 2.24) is 10.3 Å². The number of aromatic nitrogens is 1. The van der Waals surface area contributed by atoms with E-state index in [0.717, 1.165) is 22.7 Å². The molecule has 4 heteroatoms. The quantitative estimate of drug-likeness (QED) is 0.909. The third-order valence-electron chi connectivity index (χ3n) is 2.85. The summed E-state index contributed by atoms with van der Waals surface area (Å²) < 4.78 is 5.31. The van der Waals surface area contributed by atoms with Gasteiger partial charge in [-0.3, -0.25) is 4.98 Å². The molecular weight excluding hydrogens is 260 g/mol. The van der Waals surface area contributed by atoms with E-state index in [1.165, 1.54) is 0 Å². The summed E-state index contributed by atoms with van der Waals surface area (Å²) in [5.41, 5.74) is 3.01. The maximum atomic E-state index is 6.18. The van der Waals surface area contributed by atoms with Gasteiger partial charge >= 0.3 is 0 Å². The maximum Gasteiger partial charge on any atom is 0.124 e. The lowest BCUT2D eigenvalue weighted by atomic mass is 10.2. The molecule has 3 nitrogen and oxygen atoms in total. The molecule has 0 unspecified atom stereocenters. The molecule has 19 heavy (non-hydrogen) atoms. The highest BCUT2D eigenvalue weighted by molar-refractivity contribution is 6.31. The minimum atomic E-state index is 0.651. The summed E-state index contributed by atoms with van der Waals surface area (Å²) in [5, 5.41) is 4.05. The molecule has 0 amide bonds. The third-order valence-corrected chi connectivity index (χ3v) is 3.20. The fourth-order valence-electron chi connectivity index (χ4n) is 1.92. The summed E-state index contributed by atoms with van der Waals surface area (Å²) in [6, 6.07) is 11.7. The van der Waals surface area contributed by atoms with Gasteiger partial charge in [0.05, 0.1) is 12.8 Å². The first-order valence-electron chi connectivity index (χ1n) is 6.15. The molecule has 0 saturated heterocycles. The van der Waals surface area contributed by atoms with Gasteiger partial charge < -0.3 is 10.1 Å². The second-order valence-electron chi connectivity index (χ2n) is 4.29. The van der Waals surface area contributed by atoms with Gasteiger partial charge in [-0.25, -0.2) is 0 Å². The monoisotopic (exact) mass is 276 g/mol.